The predicted molar refractivity (Wildman–Crippen MR) is 115 cm³/mol. The van der Waals surface area contributed by atoms with Gasteiger partial charge in [-0.1, -0.05) is 37.3 Å². The van der Waals surface area contributed by atoms with E-state index in [1.807, 2.05) is 37.3 Å². The highest BCUT2D eigenvalue weighted by atomic mass is 16.6. The lowest BCUT2D eigenvalue weighted by Gasteiger charge is -2.20. The molecule has 1 atom stereocenters. The molecule has 2 aromatic heterocycles. The Labute approximate surface area is 184 Å². The molecule has 2 amide bonds. The molecule has 0 saturated carbocycles. The molecule has 32 heavy (non-hydrogen) atoms. The summed E-state index contributed by atoms with van der Waals surface area (Å²) in [6, 6.07) is 9.29. The molecule has 0 aliphatic rings. The Hall–Kier alpha value is -4.02. The van der Waals surface area contributed by atoms with Crippen molar-refractivity contribution < 1.29 is 24.2 Å². The molecule has 0 fully saturated rings. The summed E-state index contributed by atoms with van der Waals surface area (Å²) in [6.07, 6.45) is 2.09. The highest BCUT2D eigenvalue weighted by Gasteiger charge is 2.20. The van der Waals surface area contributed by atoms with Gasteiger partial charge in [0.15, 0.2) is 17.0 Å². The average molecular weight is 440 g/mol. The monoisotopic (exact) mass is 440 g/mol. The molecule has 1 aromatic carbocycles. The number of nitrogens with one attached hydrogen (secondary N) is 1. The minimum atomic E-state index is -1.08. The number of anilines is 1. The minimum Gasteiger partial charge on any atom is -0.480 e. The molecular weight excluding hydrogens is 416 g/mol. The number of carbonyl (C=O) groups excluding carboxylic acids is 2. The van der Waals surface area contributed by atoms with Gasteiger partial charge in [0.1, 0.15) is 25.5 Å². The Balaban J connectivity index is 1.72. The first-order chi connectivity index (χ1) is 15.4. The van der Waals surface area contributed by atoms with Crippen LogP contribution in [0.1, 0.15) is 31.9 Å². The predicted octanol–water partition coefficient (Wildman–Crippen LogP) is 2.46. The standard InChI is InChI=1S/C21H24N6O5/c1-3-9-26(11-17(29)30)16(28)10-27-13-24-18-19(22-12-23-20(18)27)25-21(31)32-14(2)15-7-5-4-6-8-15/h4-8,12-14H,3,9-11H2,1-2H3,(H,29,30)(H,22,23,25,31). The number of aliphatic carboxylic acids is 1. The van der Waals surface area contributed by atoms with Gasteiger partial charge in [0, 0.05) is 6.54 Å². The number of carboxylic acid groups (broad SMARTS) is 1. The average Bonchev–Trinajstić information content (AvgIpc) is 3.17. The van der Waals surface area contributed by atoms with Crippen LogP contribution in [0.2, 0.25) is 0 Å². The van der Waals surface area contributed by atoms with Crippen molar-refractivity contribution in [2.45, 2.75) is 32.9 Å². The van der Waals surface area contributed by atoms with Crippen LogP contribution in [0.3, 0.4) is 0 Å². The summed E-state index contributed by atoms with van der Waals surface area (Å²) in [5.41, 5.74) is 1.45. The van der Waals surface area contributed by atoms with E-state index in [1.165, 1.54) is 22.1 Å². The summed E-state index contributed by atoms with van der Waals surface area (Å²) >= 11 is 0. The van der Waals surface area contributed by atoms with Gasteiger partial charge in [0.05, 0.1) is 6.33 Å². The molecule has 2 N–H and O–H groups in total. The SMILES string of the molecule is CCCN(CC(=O)O)C(=O)Cn1cnc2c(NC(=O)OC(C)c3ccccc3)ncnc21. The molecule has 11 nitrogen and oxygen atoms in total. The number of rotatable bonds is 9. The van der Waals surface area contributed by atoms with E-state index < -0.39 is 18.2 Å². The van der Waals surface area contributed by atoms with Gasteiger partial charge in [-0.05, 0) is 18.9 Å². The Morgan fingerprint density at radius 3 is 2.62 bits per heavy atom. The summed E-state index contributed by atoms with van der Waals surface area (Å²) in [4.78, 5) is 49.6. The number of hydrogen-bond donors (Lipinski definition) is 2. The number of amides is 2. The van der Waals surface area contributed by atoms with Gasteiger partial charge >= 0.3 is 12.1 Å². The van der Waals surface area contributed by atoms with E-state index in [0.29, 0.717) is 18.6 Å². The Morgan fingerprint density at radius 2 is 1.94 bits per heavy atom. The fourth-order valence-corrected chi connectivity index (χ4v) is 3.14. The van der Waals surface area contributed by atoms with Crippen LogP contribution in [0.25, 0.3) is 11.2 Å². The molecule has 0 spiro atoms. The van der Waals surface area contributed by atoms with Gasteiger partial charge in [0.2, 0.25) is 5.91 Å². The maximum absolute atomic E-state index is 12.6. The topological polar surface area (TPSA) is 140 Å². The largest absolute Gasteiger partial charge is 0.480 e. The van der Waals surface area contributed by atoms with Crippen LogP contribution >= 0.6 is 0 Å². The lowest BCUT2D eigenvalue weighted by atomic mass is 10.1. The van der Waals surface area contributed by atoms with Crippen LogP contribution in [0, 0.1) is 0 Å². The van der Waals surface area contributed by atoms with E-state index in [4.69, 9.17) is 9.84 Å². The van der Waals surface area contributed by atoms with E-state index in [0.717, 1.165) is 5.56 Å². The van der Waals surface area contributed by atoms with Gasteiger partial charge in [-0.15, -0.1) is 0 Å². The fraction of sp³-hybridized carbons (Fsp3) is 0.333. The second kappa shape index (κ2) is 10.3. The number of aromatic nitrogens is 4. The van der Waals surface area contributed by atoms with E-state index in [1.54, 1.807) is 6.92 Å². The zero-order valence-corrected chi connectivity index (χ0v) is 17.8. The number of carboxylic acids is 1. The Morgan fingerprint density at radius 1 is 1.19 bits per heavy atom. The number of fused-ring (bicyclic) bond motifs is 1. The lowest BCUT2D eigenvalue weighted by Crippen LogP contribution is -2.38. The molecule has 3 rings (SSSR count). The lowest BCUT2D eigenvalue weighted by molar-refractivity contribution is -0.144. The molecule has 2 heterocycles. The second-order valence-electron chi connectivity index (χ2n) is 7.06. The van der Waals surface area contributed by atoms with Gasteiger partial charge < -0.3 is 19.3 Å². The van der Waals surface area contributed by atoms with Crippen LogP contribution in [0.5, 0.6) is 0 Å². The molecule has 1 unspecified atom stereocenters. The van der Waals surface area contributed by atoms with Crippen LogP contribution < -0.4 is 5.32 Å². The fourth-order valence-electron chi connectivity index (χ4n) is 3.14. The van der Waals surface area contributed by atoms with Gasteiger partial charge in [0.25, 0.3) is 0 Å². The van der Waals surface area contributed by atoms with Crippen molar-refractivity contribution in [2.24, 2.45) is 0 Å². The van der Waals surface area contributed by atoms with Crippen molar-refractivity contribution in [1.82, 2.24) is 24.4 Å². The zero-order valence-electron chi connectivity index (χ0n) is 17.8. The number of hydrogen-bond acceptors (Lipinski definition) is 7. The molecule has 0 radical (unpaired) electrons. The molecule has 0 aliphatic heterocycles. The van der Waals surface area contributed by atoms with E-state index >= 15 is 0 Å². The Kier molecular flexibility index (Phi) is 7.32. The van der Waals surface area contributed by atoms with Crippen molar-refractivity contribution in [3.8, 4) is 0 Å². The summed E-state index contributed by atoms with van der Waals surface area (Å²) < 4.78 is 6.87. The number of ether oxygens (including phenoxy) is 1. The number of nitrogens with zero attached hydrogens (tertiary/aromatic N) is 5. The van der Waals surface area contributed by atoms with E-state index in [-0.39, 0.29) is 30.3 Å². The minimum absolute atomic E-state index is 0.141. The number of carbonyl (C=O) groups is 3. The van der Waals surface area contributed by atoms with Crippen LogP contribution in [-0.4, -0.2) is 60.6 Å². The summed E-state index contributed by atoms with van der Waals surface area (Å²) in [6.45, 7) is 3.41. The maximum Gasteiger partial charge on any atom is 0.413 e. The van der Waals surface area contributed by atoms with Gasteiger partial charge in [-0.3, -0.25) is 14.9 Å². The summed E-state index contributed by atoms with van der Waals surface area (Å²) in [5.74, 6) is -1.32. The van der Waals surface area contributed by atoms with Crippen molar-refractivity contribution in [2.75, 3.05) is 18.4 Å². The summed E-state index contributed by atoms with van der Waals surface area (Å²) in [7, 11) is 0. The van der Waals surface area contributed by atoms with Crippen LogP contribution in [0.15, 0.2) is 43.0 Å². The first-order valence-electron chi connectivity index (χ1n) is 10.1. The number of benzene rings is 1. The highest BCUT2D eigenvalue weighted by Crippen LogP contribution is 2.20. The van der Waals surface area contributed by atoms with Gasteiger partial charge in [-0.25, -0.2) is 19.7 Å². The third-order valence-electron chi connectivity index (χ3n) is 4.65. The van der Waals surface area contributed by atoms with Crippen LogP contribution in [0.4, 0.5) is 10.6 Å². The molecule has 11 heteroatoms. The molecular formula is C21H24N6O5. The molecule has 168 valence electrons. The van der Waals surface area contributed by atoms with Crippen LogP contribution in [-0.2, 0) is 20.9 Å². The molecule has 0 bridgehead atoms. The highest BCUT2D eigenvalue weighted by molar-refractivity contribution is 5.93. The van der Waals surface area contributed by atoms with Crippen molar-refractivity contribution in [1.29, 1.82) is 0 Å². The third kappa shape index (κ3) is 5.56. The molecule has 0 aliphatic carbocycles. The van der Waals surface area contributed by atoms with E-state index in [2.05, 4.69) is 20.3 Å². The molecule has 0 saturated heterocycles. The Bertz CT molecular complexity index is 1100. The first kappa shape index (κ1) is 22.7. The van der Waals surface area contributed by atoms with Crippen molar-refractivity contribution >= 4 is 35.0 Å². The first-order valence-corrected chi connectivity index (χ1v) is 10.1. The quantitative estimate of drug-likeness (QED) is 0.517. The van der Waals surface area contributed by atoms with E-state index in [9.17, 15) is 14.4 Å². The zero-order chi connectivity index (χ0) is 23.1. The van der Waals surface area contributed by atoms with Crippen molar-refractivity contribution in [3.63, 3.8) is 0 Å². The number of imidazole rings is 1. The second-order valence-corrected chi connectivity index (χ2v) is 7.06. The maximum atomic E-state index is 12.6. The van der Waals surface area contributed by atoms with Gasteiger partial charge in [-0.2, -0.15) is 0 Å². The molecule has 3 aromatic rings. The third-order valence-corrected chi connectivity index (χ3v) is 4.65. The normalized spacial score (nSPS) is 11.7. The smallest absolute Gasteiger partial charge is 0.413 e. The van der Waals surface area contributed by atoms with Crippen molar-refractivity contribution in [3.05, 3.63) is 48.5 Å². The summed E-state index contributed by atoms with van der Waals surface area (Å²) in [5, 5.41) is 11.6.